The monoisotopic (exact) mass is 306 g/mol. The summed E-state index contributed by atoms with van der Waals surface area (Å²) in [5.74, 6) is 0.437. The van der Waals surface area contributed by atoms with Crippen molar-refractivity contribution >= 4 is 11.6 Å². The minimum atomic E-state index is -0.241. The Balaban J connectivity index is 1.79. The van der Waals surface area contributed by atoms with Crippen LogP contribution in [0.15, 0.2) is 60.9 Å². The van der Waals surface area contributed by atoms with Crippen LogP contribution in [0.1, 0.15) is 22.7 Å². The number of anilines is 1. The smallest absolute Gasteiger partial charge is 0.229 e. The van der Waals surface area contributed by atoms with E-state index in [0.717, 1.165) is 16.8 Å². The van der Waals surface area contributed by atoms with Crippen molar-refractivity contribution in [3.63, 3.8) is 0 Å². The molecule has 0 amide bonds. The fourth-order valence-corrected chi connectivity index (χ4v) is 2.75. The van der Waals surface area contributed by atoms with Gasteiger partial charge in [0, 0.05) is 5.70 Å². The zero-order valence-corrected chi connectivity index (χ0v) is 12.6. The molecule has 0 saturated carbocycles. The van der Waals surface area contributed by atoms with E-state index in [1.807, 2.05) is 4.57 Å². The molecule has 3 aromatic rings. The van der Waals surface area contributed by atoms with Crippen LogP contribution in [-0.4, -0.2) is 14.8 Å². The molecule has 1 unspecified atom stereocenters. The Kier molecular flexibility index (Phi) is 3.19. The second-order valence-electron chi connectivity index (χ2n) is 5.63. The third kappa shape index (κ3) is 2.50. The Hall–Kier alpha value is -2.95. The van der Waals surface area contributed by atoms with Gasteiger partial charge in [0.1, 0.15) is 12.1 Å². The van der Waals surface area contributed by atoms with Crippen LogP contribution >= 0.6 is 0 Å². The molecule has 1 aliphatic heterocycles. The van der Waals surface area contributed by atoms with Crippen molar-refractivity contribution in [2.75, 3.05) is 5.32 Å². The third-order valence-corrected chi connectivity index (χ3v) is 4.02. The molecule has 1 N–H and O–H groups in total. The maximum atomic E-state index is 13.2. The number of aromatic nitrogens is 3. The quantitative estimate of drug-likeness (QED) is 0.783. The minimum Gasteiger partial charge on any atom is -0.324 e. The highest BCUT2D eigenvalue weighted by Crippen LogP contribution is 2.32. The maximum Gasteiger partial charge on any atom is 0.229 e. The van der Waals surface area contributed by atoms with Crippen molar-refractivity contribution in [3.05, 3.63) is 83.4 Å². The van der Waals surface area contributed by atoms with Gasteiger partial charge in [0.25, 0.3) is 0 Å². The van der Waals surface area contributed by atoms with E-state index >= 15 is 0 Å². The van der Waals surface area contributed by atoms with Crippen LogP contribution in [0.5, 0.6) is 0 Å². The number of halogens is 1. The number of allylic oxidation sites excluding steroid dienone is 1. The van der Waals surface area contributed by atoms with Crippen molar-refractivity contribution in [2.45, 2.75) is 13.0 Å². The van der Waals surface area contributed by atoms with Crippen molar-refractivity contribution in [3.8, 4) is 0 Å². The number of hydrogen-bond donors (Lipinski definition) is 1. The van der Waals surface area contributed by atoms with E-state index in [2.05, 4.69) is 52.8 Å². The molecule has 0 fully saturated rings. The fraction of sp³-hybridized carbons (Fsp3) is 0.111. The number of nitrogens with one attached hydrogen (secondary N) is 1. The summed E-state index contributed by atoms with van der Waals surface area (Å²) in [6, 6.07) is 14.7. The fourth-order valence-electron chi connectivity index (χ4n) is 2.75. The van der Waals surface area contributed by atoms with Crippen molar-refractivity contribution in [2.24, 2.45) is 0 Å². The van der Waals surface area contributed by atoms with Crippen LogP contribution in [-0.2, 0) is 0 Å². The van der Waals surface area contributed by atoms with E-state index in [-0.39, 0.29) is 11.9 Å². The Bertz CT molecular complexity index is 863. The summed E-state index contributed by atoms with van der Waals surface area (Å²) in [7, 11) is 0. The SMILES string of the molecule is Cc1ccc(C2=CC(c3ccc(F)cc3)n3cnnc3N2)cc1. The first-order valence-electron chi connectivity index (χ1n) is 7.41. The van der Waals surface area contributed by atoms with Gasteiger partial charge in [-0.2, -0.15) is 0 Å². The van der Waals surface area contributed by atoms with Crippen LogP contribution in [0, 0.1) is 12.7 Å². The molecule has 2 aromatic carbocycles. The number of hydrogen-bond acceptors (Lipinski definition) is 3. The van der Waals surface area contributed by atoms with Gasteiger partial charge in [-0.1, -0.05) is 42.0 Å². The highest BCUT2D eigenvalue weighted by molar-refractivity contribution is 5.77. The molecule has 0 saturated heterocycles. The number of aryl methyl sites for hydroxylation is 1. The predicted molar refractivity (Wildman–Crippen MR) is 87.3 cm³/mol. The molecule has 4 rings (SSSR count). The lowest BCUT2D eigenvalue weighted by atomic mass is 10.0. The Morgan fingerprint density at radius 2 is 1.78 bits per heavy atom. The lowest BCUT2D eigenvalue weighted by Gasteiger charge is -2.25. The van der Waals surface area contributed by atoms with Crippen molar-refractivity contribution < 1.29 is 4.39 Å². The van der Waals surface area contributed by atoms with Gasteiger partial charge in [-0.3, -0.25) is 4.57 Å². The summed E-state index contributed by atoms with van der Waals surface area (Å²) in [4.78, 5) is 0. The molecule has 5 heteroatoms. The van der Waals surface area contributed by atoms with Crippen LogP contribution in [0.2, 0.25) is 0 Å². The highest BCUT2D eigenvalue weighted by Gasteiger charge is 2.22. The number of benzene rings is 2. The van der Waals surface area contributed by atoms with E-state index in [1.165, 1.54) is 17.7 Å². The predicted octanol–water partition coefficient (Wildman–Crippen LogP) is 3.78. The van der Waals surface area contributed by atoms with Crippen LogP contribution < -0.4 is 5.32 Å². The molecule has 0 radical (unpaired) electrons. The number of fused-ring (bicyclic) bond motifs is 1. The summed E-state index contributed by atoms with van der Waals surface area (Å²) in [5, 5.41) is 11.4. The van der Waals surface area contributed by atoms with Crippen LogP contribution in [0.4, 0.5) is 10.3 Å². The average molecular weight is 306 g/mol. The number of nitrogens with zero attached hydrogens (tertiary/aromatic N) is 3. The lowest BCUT2D eigenvalue weighted by Crippen LogP contribution is -2.18. The highest BCUT2D eigenvalue weighted by atomic mass is 19.1. The minimum absolute atomic E-state index is 0.0712. The molecule has 1 aromatic heterocycles. The van der Waals surface area contributed by atoms with Crippen LogP contribution in [0.25, 0.3) is 5.70 Å². The standard InChI is InChI=1S/C18H15FN4/c1-12-2-4-13(5-3-12)16-10-17(14-6-8-15(19)9-7-14)23-11-20-22-18(23)21-16/h2-11,17H,1H3,(H,21,22). The van der Waals surface area contributed by atoms with Gasteiger partial charge in [0.15, 0.2) is 0 Å². The van der Waals surface area contributed by atoms with E-state index in [4.69, 9.17) is 0 Å². The summed E-state index contributed by atoms with van der Waals surface area (Å²) < 4.78 is 15.1. The Morgan fingerprint density at radius 3 is 2.52 bits per heavy atom. The molecule has 1 aliphatic rings. The zero-order chi connectivity index (χ0) is 15.8. The van der Waals surface area contributed by atoms with E-state index in [1.54, 1.807) is 18.5 Å². The summed E-state index contributed by atoms with van der Waals surface area (Å²) in [5.41, 5.74) is 4.25. The van der Waals surface area contributed by atoms with E-state index in [9.17, 15) is 4.39 Å². The molecule has 23 heavy (non-hydrogen) atoms. The van der Waals surface area contributed by atoms with Gasteiger partial charge in [-0.05, 0) is 36.3 Å². The van der Waals surface area contributed by atoms with E-state index in [0.29, 0.717) is 5.95 Å². The maximum absolute atomic E-state index is 13.2. The lowest BCUT2D eigenvalue weighted by molar-refractivity contribution is 0.624. The Labute approximate surface area is 133 Å². The summed E-state index contributed by atoms with van der Waals surface area (Å²) in [6.07, 6.45) is 3.78. The second kappa shape index (κ2) is 5.35. The van der Waals surface area contributed by atoms with Crippen molar-refractivity contribution in [1.29, 1.82) is 0 Å². The molecule has 0 bridgehead atoms. The third-order valence-electron chi connectivity index (χ3n) is 4.02. The largest absolute Gasteiger partial charge is 0.324 e. The average Bonchev–Trinajstić information content (AvgIpc) is 3.04. The Morgan fingerprint density at radius 1 is 1.04 bits per heavy atom. The van der Waals surface area contributed by atoms with Gasteiger partial charge >= 0.3 is 0 Å². The molecule has 2 heterocycles. The summed E-state index contributed by atoms with van der Waals surface area (Å²) in [6.45, 7) is 2.06. The van der Waals surface area contributed by atoms with Gasteiger partial charge in [0.2, 0.25) is 5.95 Å². The molecular weight excluding hydrogens is 291 g/mol. The first-order chi connectivity index (χ1) is 11.2. The molecule has 1 atom stereocenters. The van der Waals surface area contributed by atoms with Crippen LogP contribution in [0.3, 0.4) is 0 Å². The molecular formula is C18H15FN4. The first kappa shape index (κ1) is 13.7. The normalized spacial score (nSPS) is 16.4. The summed E-state index contributed by atoms with van der Waals surface area (Å²) >= 11 is 0. The zero-order valence-electron chi connectivity index (χ0n) is 12.6. The van der Waals surface area contributed by atoms with Gasteiger partial charge in [-0.25, -0.2) is 4.39 Å². The second-order valence-corrected chi connectivity index (χ2v) is 5.63. The van der Waals surface area contributed by atoms with Gasteiger partial charge < -0.3 is 5.32 Å². The number of rotatable bonds is 2. The molecule has 4 nitrogen and oxygen atoms in total. The van der Waals surface area contributed by atoms with Gasteiger partial charge in [0.05, 0.1) is 6.04 Å². The topological polar surface area (TPSA) is 42.7 Å². The van der Waals surface area contributed by atoms with E-state index < -0.39 is 0 Å². The molecule has 0 spiro atoms. The molecule has 0 aliphatic carbocycles. The van der Waals surface area contributed by atoms with Crippen molar-refractivity contribution in [1.82, 2.24) is 14.8 Å². The first-order valence-corrected chi connectivity index (χ1v) is 7.41. The van der Waals surface area contributed by atoms with Gasteiger partial charge in [-0.15, -0.1) is 10.2 Å². The molecule has 114 valence electrons.